The highest BCUT2D eigenvalue weighted by Crippen LogP contribution is 2.37. The number of rotatable bonds is 4. The van der Waals surface area contributed by atoms with Crippen molar-refractivity contribution in [1.82, 2.24) is 9.36 Å². The Kier molecular flexibility index (Phi) is 3.15. The predicted molar refractivity (Wildman–Crippen MR) is 72.5 cm³/mol. The van der Waals surface area contributed by atoms with Gasteiger partial charge in [0.1, 0.15) is 12.4 Å². The van der Waals surface area contributed by atoms with Gasteiger partial charge in [0.05, 0.1) is 5.92 Å². The molecule has 1 aliphatic heterocycles. The highest BCUT2D eigenvalue weighted by atomic mass is 32.1. The summed E-state index contributed by atoms with van der Waals surface area (Å²) >= 11 is 1.42. The maximum Gasteiger partial charge on any atom is 0.202 e. The smallest absolute Gasteiger partial charge is 0.202 e. The van der Waals surface area contributed by atoms with Crippen LogP contribution in [0.25, 0.3) is 0 Å². The molecule has 1 aromatic carbocycles. The quantitative estimate of drug-likeness (QED) is 0.919. The number of anilines is 1. The van der Waals surface area contributed by atoms with Crippen LogP contribution in [0.1, 0.15) is 30.7 Å². The van der Waals surface area contributed by atoms with Crippen molar-refractivity contribution < 1.29 is 4.74 Å². The Balaban J connectivity index is 1.82. The minimum absolute atomic E-state index is 0.176. The number of ether oxygens (including phenoxy) is 1. The third kappa shape index (κ3) is 2.06. The fourth-order valence-corrected chi connectivity index (χ4v) is 2.71. The average molecular weight is 261 g/mol. The molecule has 1 unspecified atom stereocenters. The Morgan fingerprint density at radius 1 is 1.44 bits per heavy atom. The highest BCUT2D eigenvalue weighted by Gasteiger charge is 2.28. The van der Waals surface area contributed by atoms with Crippen LogP contribution in [-0.2, 0) is 0 Å². The number of benzene rings is 1. The minimum Gasteiger partial charge on any atom is -0.492 e. The molecule has 1 aliphatic rings. The number of hydrogen-bond acceptors (Lipinski definition) is 5. The number of hydrogen-bond donors (Lipinski definition) is 1. The number of aromatic nitrogens is 2. The topological polar surface area (TPSA) is 47.0 Å². The van der Waals surface area contributed by atoms with Crippen LogP contribution < -0.4 is 10.1 Å². The Morgan fingerprint density at radius 3 is 3.22 bits per heavy atom. The van der Waals surface area contributed by atoms with E-state index in [0.29, 0.717) is 6.61 Å². The Bertz CT molecular complexity index is 541. The van der Waals surface area contributed by atoms with Crippen LogP contribution in [-0.4, -0.2) is 22.5 Å². The lowest BCUT2D eigenvalue weighted by molar-refractivity contribution is 0.340. The van der Waals surface area contributed by atoms with E-state index < -0.39 is 0 Å². The first-order valence-electron chi connectivity index (χ1n) is 6.17. The maximum absolute atomic E-state index is 5.66. The first-order valence-corrected chi connectivity index (χ1v) is 6.95. The van der Waals surface area contributed by atoms with Crippen LogP contribution in [0.2, 0.25) is 0 Å². The molecule has 0 saturated carbocycles. The summed E-state index contributed by atoms with van der Waals surface area (Å²) < 4.78 is 10.1. The van der Waals surface area contributed by atoms with E-state index in [1.54, 1.807) is 0 Å². The second-order valence-electron chi connectivity index (χ2n) is 4.29. The van der Waals surface area contributed by atoms with Gasteiger partial charge < -0.3 is 10.1 Å². The highest BCUT2D eigenvalue weighted by molar-refractivity contribution is 7.09. The van der Waals surface area contributed by atoms with E-state index in [1.165, 1.54) is 17.1 Å². The molecule has 1 atom stereocenters. The van der Waals surface area contributed by atoms with Gasteiger partial charge in [0, 0.05) is 23.6 Å². The molecule has 0 spiro atoms. The summed E-state index contributed by atoms with van der Waals surface area (Å²) in [5, 5.41) is 4.17. The zero-order chi connectivity index (χ0) is 12.4. The lowest BCUT2D eigenvalue weighted by Crippen LogP contribution is -2.05. The zero-order valence-electron chi connectivity index (χ0n) is 10.2. The van der Waals surface area contributed by atoms with Gasteiger partial charge in [0.15, 0.2) is 5.82 Å². The summed E-state index contributed by atoms with van der Waals surface area (Å²) in [5.41, 5.74) is 1.19. The zero-order valence-corrected chi connectivity index (χ0v) is 11.0. The molecule has 0 fully saturated rings. The fourth-order valence-electron chi connectivity index (χ4n) is 2.06. The molecule has 0 radical (unpaired) electrons. The van der Waals surface area contributed by atoms with Gasteiger partial charge in [-0.15, -0.1) is 0 Å². The predicted octanol–water partition coefficient (Wildman–Crippen LogP) is 2.88. The monoisotopic (exact) mass is 261 g/mol. The first-order chi connectivity index (χ1) is 8.88. The van der Waals surface area contributed by atoms with Gasteiger partial charge in [-0.1, -0.05) is 25.1 Å². The number of fused-ring (bicyclic) bond motifs is 1. The van der Waals surface area contributed by atoms with Crippen molar-refractivity contribution in [2.75, 3.05) is 18.5 Å². The van der Waals surface area contributed by atoms with Crippen LogP contribution in [0.4, 0.5) is 5.13 Å². The molecule has 18 heavy (non-hydrogen) atoms. The van der Waals surface area contributed by atoms with Crippen LogP contribution in [0.5, 0.6) is 5.75 Å². The van der Waals surface area contributed by atoms with Gasteiger partial charge in [0.2, 0.25) is 5.13 Å². The third-order valence-corrected chi connectivity index (χ3v) is 3.67. The van der Waals surface area contributed by atoms with Crippen LogP contribution >= 0.6 is 11.5 Å². The average Bonchev–Trinajstić information content (AvgIpc) is 3.02. The standard InChI is InChI=1S/C13H15N3OS/c1-2-7-14-13-15-12(16-18-13)10-8-17-11-6-4-3-5-9(10)11/h3-6,10H,2,7-8H2,1H3,(H,14,15,16). The first kappa shape index (κ1) is 11.5. The molecule has 4 nitrogen and oxygen atoms in total. The van der Waals surface area contributed by atoms with Gasteiger partial charge in [-0.25, -0.2) is 4.98 Å². The van der Waals surface area contributed by atoms with Crippen molar-refractivity contribution in [2.45, 2.75) is 19.3 Å². The largest absolute Gasteiger partial charge is 0.492 e. The second kappa shape index (κ2) is 4.94. The summed E-state index contributed by atoms with van der Waals surface area (Å²) in [5.74, 6) is 2.00. The fraction of sp³-hybridized carbons (Fsp3) is 0.385. The van der Waals surface area contributed by atoms with E-state index in [4.69, 9.17) is 4.74 Å². The number of para-hydroxylation sites is 1. The molecule has 5 heteroatoms. The van der Waals surface area contributed by atoms with E-state index in [-0.39, 0.29) is 5.92 Å². The molecule has 0 amide bonds. The summed E-state index contributed by atoms with van der Waals surface area (Å²) in [6.45, 7) is 3.71. The van der Waals surface area contributed by atoms with Crippen molar-refractivity contribution >= 4 is 16.7 Å². The molecule has 94 valence electrons. The van der Waals surface area contributed by atoms with E-state index >= 15 is 0 Å². The van der Waals surface area contributed by atoms with E-state index in [9.17, 15) is 0 Å². The maximum atomic E-state index is 5.66. The second-order valence-corrected chi connectivity index (χ2v) is 5.04. The normalized spacial score (nSPS) is 17.3. The SMILES string of the molecule is CCCNc1nc(C2COc3ccccc32)ns1. The van der Waals surface area contributed by atoms with E-state index in [1.807, 2.05) is 18.2 Å². The number of nitrogens with one attached hydrogen (secondary N) is 1. The van der Waals surface area contributed by atoms with Crippen LogP contribution in [0, 0.1) is 0 Å². The van der Waals surface area contributed by atoms with Crippen molar-refractivity contribution in [3.05, 3.63) is 35.7 Å². The molecule has 2 aromatic rings. The van der Waals surface area contributed by atoms with Crippen LogP contribution in [0.15, 0.2) is 24.3 Å². The van der Waals surface area contributed by atoms with Gasteiger partial charge in [0.25, 0.3) is 0 Å². The van der Waals surface area contributed by atoms with Crippen molar-refractivity contribution in [3.8, 4) is 5.75 Å². The molecular weight excluding hydrogens is 246 g/mol. The molecule has 1 aromatic heterocycles. The van der Waals surface area contributed by atoms with Gasteiger partial charge in [-0.05, 0) is 12.5 Å². The van der Waals surface area contributed by atoms with Crippen molar-refractivity contribution in [2.24, 2.45) is 0 Å². The summed E-state index contributed by atoms with van der Waals surface area (Å²) in [4.78, 5) is 4.54. The van der Waals surface area contributed by atoms with Crippen molar-refractivity contribution in [1.29, 1.82) is 0 Å². The van der Waals surface area contributed by atoms with Crippen molar-refractivity contribution in [3.63, 3.8) is 0 Å². The molecular formula is C13H15N3OS. The molecule has 0 bridgehead atoms. The van der Waals surface area contributed by atoms with Gasteiger partial charge in [-0.2, -0.15) is 4.37 Å². The van der Waals surface area contributed by atoms with Gasteiger partial charge >= 0.3 is 0 Å². The summed E-state index contributed by atoms with van der Waals surface area (Å²) in [6, 6.07) is 8.11. The number of nitrogens with zero attached hydrogens (tertiary/aromatic N) is 2. The lowest BCUT2D eigenvalue weighted by Gasteiger charge is -2.02. The molecule has 0 saturated heterocycles. The molecule has 2 heterocycles. The summed E-state index contributed by atoms with van der Waals surface area (Å²) in [6.07, 6.45) is 1.09. The Morgan fingerprint density at radius 2 is 2.33 bits per heavy atom. The summed E-state index contributed by atoms with van der Waals surface area (Å²) in [7, 11) is 0. The van der Waals surface area contributed by atoms with E-state index in [2.05, 4.69) is 27.7 Å². The minimum atomic E-state index is 0.176. The van der Waals surface area contributed by atoms with Gasteiger partial charge in [-0.3, -0.25) is 0 Å². The molecule has 0 aliphatic carbocycles. The Labute approximate surface area is 110 Å². The third-order valence-electron chi connectivity index (χ3n) is 2.98. The van der Waals surface area contributed by atoms with Crippen LogP contribution in [0.3, 0.4) is 0 Å². The van der Waals surface area contributed by atoms with E-state index in [0.717, 1.165) is 29.7 Å². The molecule has 3 rings (SSSR count). The Hall–Kier alpha value is -1.62. The lowest BCUT2D eigenvalue weighted by atomic mass is 10.0. The molecule has 1 N–H and O–H groups in total.